The van der Waals surface area contributed by atoms with Gasteiger partial charge in [0.2, 0.25) is 0 Å². The number of thioether (sulfide) groups is 1. The number of carboxylic acids is 1. The van der Waals surface area contributed by atoms with Gasteiger partial charge in [0.1, 0.15) is 10.5 Å². The van der Waals surface area contributed by atoms with Gasteiger partial charge in [0.25, 0.3) is 0 Å². The molecular formula is C9H14O4S. The highest BCUT2D eigenvalue weighted by Gasteiger charge is 2.35. The van der Waals surface area contributed by atoms with Crippen LogP contribution in [0.3, 0.4) is 0 Å². The number of carbonyl (C=O) groups excluding carboxylic acids is 1. The molecule has 2 unspecified atom stereocenters. The van der Waals surface area contributed by atoms with Gasteiger partial charge in [-0.2, -0.15) is 0 Å². The highest BCUT2D eigenvalue weighted by atomic mass is 32.2. The van der Waals surface area contributed by atoms with Gasteiger partial charge in [-0.05, 0) is 26.7 Å². The summed E-state index contributed by atoms with van der Waals surface area (Å²) in [5, 5.41) is 7.98. The maximum Gasteiger partial charge on any atom is 0.319 e. The van der Waals surface area contributed by atoms with Crippen molar-refractivity contribution in [3.05, 3.63) is 0 Å². The topological polar surface area (TPSA) is 63.6 Å². The van der Waals surface area contributed by atoms with E-state index in [1.54, 1.807) is 13.8 Å². The van der Waals surface area contributed by atoms with Crippen LogP contribution in [-0.2, 0) is 14.3 Å². The van der Waals surface area contributed by atoms with Crippen molar-refractivity contribution in [3.63, 3.8) is 0 Å². The molecule has 0 radical (unpaired) electrons. The molecule has 1 aliphatic heterocycles. The summed E-state index contributed by atoms with van der Waals surface area (Å²) in [4.78, 5) is 22.0. The van der Waals surface area contributed by atoms with E-state index in [4.69, 9.17) is 9.84 Å². The predicted octanol–water partition coefficient (Wildman–Crippen LogP) is 1.29. The number of hydrogen-bond acceptors (Lipinski definition) is 4. The Labute approximate surface area is 87.0 Å². The van der Waals surface area contributed by atoms with Crippen LogP contribution in [0.2, 0.25) is 0 Å². The largest absolute Gasteiger partial charge is 0.480 e. The monoisotopic (exact) mass is 218 g/mol. The third-order valence-electron chi connectivity index (χ3n) is 1.91. The van der Waals surface area contributed by atoms with E-state index in [-0.39, 0.29) is 17.3 Å². The van der Waals surface area contributed by atoms with E-state index in [1.807, 2.05) is 0 Å². The number of carboxylic acid groups (broad SMARTS) is 1. The fraction of sp³-hybridized carbons (Fsp3) is 0.778. The molecule has 4 nitrogen and oxygen atoms in total. The lowest BCUT2D eigenvalue weighted by Crippen LogP contribution is -2.21. The molecule has 2 atom stereocenters. The minimum absolute atomic E-state index is 0.132. The number of ether oxygens (including phenoxy) is 1. The van der Waals surface area contributed by atoms with Crippen LogP contribution >= 0.6 is 11.8 Å². The number of esters is 1. The van der Waals surface area contributed by atoms with Crippen LogP contribution < -0.4 is 0 Å². The van der Waals surface area contributed by atoms with Gasteiger partial charge in [-0.1, -0.05) is 0 Å². The maximum atomic E-state index is 11.4. The Bertz CT molecular complexity index is 239. The zero-order valence-corrected chi connectivity index (χ0v) is 9.04. The second-order valence-electron chi connectivity index (χ2n) is 3.51. The molecule has 1 aliphatic rings. The summed E-state index contributed by atoms with van der Waals surface area (Å²) in [6.07, 6.45) is 1.03. The van der Waals surface area contributed by atoms with Gasteiger partial charge >= 0.3 is 11.9 Å². The van der Waals surface area contributed by atoms with Crippen molar-refractivity contribution in [2.45, 2.75) is 43.3 Å². The van der Waals surface area contributed by atoms with E-state index in [9.17, 15) is 9.59 Å². The maximum absolute atomic E-state index is 11.4. The van der Waals surface area contributed by atoms with Crippen molar-refractivity contribution >= 4 is 23.7 Å². The Morgan fingerprint density at radius 2 is 1.93 bits per heavy atom. The molecule has 5 heteroatoms. The Balaban J connectivity index is 2.42. The molecule has 0 aromatic rings. The number of hydrogen-bond donors (Lipinski definition) is 1. The highest BCUT2D eigenvalue weighted by Crippen LogP contribution is 2.34. The molecule has 0 saturated carbocycles. The van der Waals surface area contributed by atoms with Crippen molar-refractivity contribution in [3.8, 4) is 0 Å². The molecule has 0 spiro atoms. The van der Waals surface area contributed by atoms with E-state index in [2.05, 4.69) is 0 Å². The molecular weight excluding hydrogens is 204 g/mol. The number of carbonyl (C=O) groups is 2. The summed E-state index contributed by atoms with van der Waals surface area (Å²) in [5.74, 6) is -1.12. The fourth-order valence-corrected chi connectivity index (χ4v) is 2.52. The molecule has 0 aromatic carbocycles. The molecule has 1 saturated heterocycles. The molecule has 0 bridgehead atoms. The molecule has 1 rings (SSSR count). The molecule has 14 heavy (non-hydrogen) atoms. The first kappa shape index (κ1) is 11.4. The minimum Gasteiger partial charge on any atom is -0.480 e. The van der Waals surface area contributed by atoms with Gasteiger partial charge in [0, 0.05) is 0 Å². The van der Waals surface area contributed by atoms with E-state index < -0.39 is 11.2 Å². The molecule has 1 heterocycles. The van der Waals surface area contributed by atoms with Crippen LogP contribution in [0.25, 0.3) is 0 Å². The number of aliphatic carboxylic acids is 1. The van der Waals surface area contributed by atoms with Crippen LogP contribution in [-0.4, -0.2) is 33.6 Å². The smallest absolute Gasteiger partial charge is 0.319 e. The van der Waals surface area contributed by atoms with E-state index in [1.165, 1.54) is 11.8 Å². The number of rotatable bonds is 3. The summed E-state index contributed by atoms with van der Waals surface area (Å²) in [6, 6.07) is 0. The highest BCUT2D eigenvalue weighted by molar-refractivity contribution is 8.02. The lowest BCUT2D eigenvalue weighted by Gasteiger charge is -2.12. The van der Waals surface area contributed by atoms with Crippen LogP contribution in [0.5, 0.6) is 0 Å². The Kier molecular flexibility index (Phi) is 3.80. The zero-order chi connectivity index (χ0) is 10.7. The molecule has 0 aromatic heterocycles. The minimum atomic E-state index is -0.838. The molecule has 1 N–H and O–H groups in total. The van der Waals surface area contributed by atoms with Crippen LogP contribution in [0.1, 0.15) is 26.7 Å². The Morgan fingerprint density at radius 3 is 2.36 bits per heavy atom. The van der Waals surface area contributed by atoms with Crippen molar-refractivity contribution in [2.75, 3.05) is 0 Å². The molecule has 0 amide bonds. The average molecular weight is 218 g/mol. The van der Waals surface area contributed by atoms with Gasteiger partial charge in [-0.15, -0.1) is 11.8 Å². The van der Waals surface area contributed by atoms with Gasteiger partial charge < -0.3 is 9.84 Å². The van der Waals surface area contributed by atoms with Gasteiger partial charge in [0.15, 0.2) is 0 Å². The summed E-state index contributed by atoms with van der Waals surface area (Å²) in [5.41, 5.74) is 0. The van der Waals surface area contributed by atoms with Gasteiger partial charge in [-0.3, -0.25) is 9.59 Å². The Hall–Kier alpha value is -0.710. The van der Waals surface area contributed by atoms with Crippen LogP contribution in [0.15, 0.2) is 0 Å². The second-order valence-corrected chi connectivity index (χ2v) is 4.92. The second kappa shape index (κ2) is 4.68. The SMILES string of the molecule is CC(C)OC(=O)C1CCC(C(=O)O)S1. The van der Waals surface area contributed by atoms with Gasteiger partial charge in [0.05, 0.1) is 6.10 Å². The molecule has 80 valence electrons. The Morgan fingerprint density at radius 1 is 1.36 bits per heavy atom. The lowest BCUT2D eigenvalue weighted by molar-refractivity contribution is -0.146. The lowest BCUT2D eigenvalue weighted by atomic mass is 10.2. The van der Waals surface area contributed by atoms with Crippen molar-refractivity contribution < 1.29 is 19.4 Å². The van der Waals surface area contributed by atoms with Crippen molar-refractivity contribution in [1.29, 1.82) is 0 Å². The molecule has 0 aliphatic carbocycles. The standard InChI is InChI=1S/C9H14O4S/c1-5(2)13-9(12)7-4-3-6(14-7)8(10)11/h5-7H,3-4H2,1-2H3,(H,10,11). The molecule has 1 fully saturated rings. The third kappa shape index (κ3) is 2.90. The first-order valence-electron chi connectivity index (χ1n) is 4.59. The van der Waals surface area contributed by atoms with Crippen LogP contribution in [0.4, 0.5) is 0 Å². The van der Waals surface area contributed by atoms with E-state index in [0.29, 0.717) is 12.8 Å². The van der Waals surface area contributed by atoms with Crippen molar-refractivity contribution in [2.24, 2.45) is 0 Å². The first-order chi connectivity index (χ1) is 6.50. The van der Waals surface area contributed by atoms with E-state index in [0.717, 1.165) is 0 Å². The first-order valence-corrected chi connectivity index (χ1v) is 5.53. The fourth-order valence-electron chi connectivity index (χ4n) is 1.30. The van der Waals surface area contributed by atoms with Crippen LogP contribution in [0, 0.1) is 0 Å². The summed E-state index contributed by atoms with van der Waals surface area (Å²) < 4.78 is 5.01. The predicted molar refractivity (Wildman–Crippen MR) is 53.3 cm³/mol. The zero-order valence-electron chi connectivity index (χ0n) is 8.23. The summed E-state index contributed by atoms with van der Waals surface area (Å²) in [7, 11) is 0. The average Bonchev–Trinajstić information content (AvgIpc) is 2.50. The normalized spacial score (nSPS) is 26.5. The quantitative estimate of drug-likeness (QED) is 0.723. The third-order valence-corrected chi connectivity index (χ3v) is 3.43. The van der Waals surface area contributed by atoms with E-state index >= 15 is 0 Å². The van der Waals surface area contributed by atoms with Crippen molar-refractivity contribution in [1.82, 2.24) is 0 Å². The summed E-state index contributed by atoms with van der Waals surface area (Å²) >= 11 is 1.19. The van der Waals surface area contributed by atoms with Gasteiger partial charge in [-0.25, -0.2) is 0 Å². The summed E-state index contributed by atoms with van der Waals surface area (Å²) in [6.45, 7) is 3.57.